The molecule has 1 aliphatic rings. The summed E-state index contributed by atoms with van der Waals surface area (Å²) >= 11 is 0. The molecule has 0 spiro atoms. The van der Waals surface area contributed by atoms with Crippen molar-refractivity contribution in [3.63, 3.8) is 0 Å². The first-order chi connectivity index (χ1) is 14.9. The molecule has 10 heteroatoms. The summed E-state index contributed by atoms with van der Waals surface area (Å²) in [6.45, 7) is 0.985. The third kappa shape index (κ3) is 5.09. The first-order valence-electron chi connectivity index (χ1n) is 9.74. The maximum atomic E-state index is 13.4. The Kier molecular flexibility index (Phi) is 6.01. The predicted octanol–water partition coefficient (Wildman–Crippen LogP) is 2.91. The molecule has 31 heavy (non-hydrogen) atoms. The zero-order chi connectivity index (χ0) is 21.8. The number of nitrogens with zero attached hydrogens (tertiary/aromatic N) is 3. The molecule has 4 rings (SSSR count). The highest BCUT2D eigenvalue weighted by Gasteiger charge is 2.37. The number of halogens is 3. The van der Waals surface area contributed by atoms with Crippen LogP contribution in [0.3, 0.4) is 0 Å². The Hall–Kier alpha value is -3.24. The summed E-state index contributed by atoms with van der Waals surface area (Å²) in [7, 11) is 0. The largest absolute Gasteiger partial charge is 0.421 e. The number of pyridine rings is 1. The highest BCUT2D eigenvalue weighted by atomic mass is 19.4. The number of alkyl halides is 3. The van der Waals surface area contributed by atoms with Crippen molar-refractivity contribution in [2.24, 2.45) is 0 Å². The van der Waals surface area contributed by atoms with Crippen LogP contribution in [0.15, 0.2) is 54.9 Å². The number of aromatic nitrogens is 3. The number of aliphatic hydroxyl groups excluding tert-OH is 1. The number of benzene rings is 1. The Labute approximate surface area is 176 Å². The van der Waals surface area contributed by atoms with Crippen LogP contribution in [0.4, 0.5) is 24.9 Å². The van der Waals surface area contributed by atoms with E-state index in [1.54, 1.807) is 6.20 Å². The van der Waals surface area contributed by atoms with Crippen LogP contribution in [0.25, 0.3) is 11.3 Å². The molecule has 0 unspecified atom stereocenters. The van der Waals surface area contributed by atoms with Crippen LogP contribution >= 0.6 is 0 Å². The summed E-state index contributed by atoms with van der Waals surface area (Å²) in [5, 5.41) is 18.5. The second kappa shape index (κ2) is 8.86. The van der Waals surface area contributed by atoms with Crippen LogP contribution < -0.4 is 16.0 Å². The van der Waals surface area contributed by atoms with Crippen molar-refractivity contribution in [2.75, 3.05) is 23.7 Å². The lowest BCUT2D eigenvalue weighted by molar-refractivity contribution is -0.137. The van der Waals surface area contributed by atoms with Gasteiger partial charge in [-0.2, -0.15) is 18.2 Å². The third-order valence-electron chi connectivity index (χ3n) is 4.96. The molecule has 1 saturated heterocycles. The Morgan fingerprint density at radius 1 is 1.06 bits per heavy atom. The van der Waals surface area contributed by atoms with E-state index in [4.69, 9.17) is 0 Å². The lowest BCUT2D eigenvalue weighted by Crippen LogP contribution is -2.33. The number of nitrogens with one attached hydrogen (secondary N) is 3. The van der Waals surface area contributed by atoms with Gasteiger partial charge in [0.15, 0.2) is 0 Å². The van der Waals surface area contributed by atoms with Gasteiger partial charge in [0.05, 0.1) is 17.8 Å². The Morgan fingerprint density at radius 3 is 2.52 bits per heavy atom. The van der Waals surface area contributed by atoms with Gasteiger partial charge in [-0.25, -0.2) is 4.98 Å². The molecule has 0 saturated carbocycles. The number of β-amino-alcohol motifs (C(OH)–C–C–N with tert-alkyl or cyclic N) is 1. The van der Waals surface area contributed by atoms with Crippen molar-refractivity contribution in [3.8, 4) is 11.3 Å². The van der Waals surface area contributed by atoms with Crippen molar-refractivity contribution in [1.29, 1.82) is 0 Å². The molecule has 7 nitrogen and oxygen atoms in total. The molecule has 0 radical (unpaired) electrons. The van der Waals surface area contributed by atoms with E-state index in [1.807, 2.05) is 42.5 Å². The average Bonchev–Trinajstić information content (AvgIpc) is 3.17. The van der Waals surface area contributed by atoms with Gasteiger partial charge in [0.25, 0.3) is 0 Å². The molecular weight excluding hydrogens is 409 g/mol. The van der Waals surface area contributed by atoms with Gasteiger partial charge in [0.2, 0.25) is 5.95 Å². The van der Waals surface area contributed by atoms with Gasteiger partial charge in [0, 0.05) is 37.6 Å². The molecule has 162 valence electrons. The maximum absolute atomic E-state index is 13.4. The van der Waals surface area contributed by atoms with Crippen molar-refractivity contribution in [2.45, 2.75) is 24.9 Å². The highest BCUT2D eigenvalue weighted by molar-refractivity contribution is 5.59. The number of aliphatic hydroxyl groups is 1. The van der Waals surface area contributed by atoms with Crippen molar-refractivity contribution in [3.05, 3.63) is 66.0 Å². The van der Waals surface area contributed by atoms with E-state index in [9.17, 15) is 18.3 Å². The molecule has 1 fully saturated rings. The minimum Gasteiger partial charge on any atom is -0.390 e. The first-order valence-corrected chi connectivity index (χ1v) is 9.74. The maximum Gasteiger partial charge on any atom is 0.421 e. The number of rotatable bonds is 6. The van der Waals surface area contributed by atoms with Crippen molar-refractivity contribution >= 4 is 11.8 Å². The van der Waals surface area contributed by atoms with Crippen LogP contribution in [0.5, 0.6) is 0 Å². The van der Waals surface area contributed by atoms with Crippen LogP contribution in [-0.2, 0) is 12.7 Å². The molecule has 0 aliphatic carbocycles. The smallest absolute Gasteiger partial charge is 0.390 e. The van der Waals surface area contributed by atoms with Gasteiger partial charge in [-0.3, -0.25) is 4.98 Å². The van der Waals surface area contributed by atoms with E-state index in [0.29, 0.717) is 19.6 Å². The third-order valence-corrected chi connectivity index (χ3v) is 4.96. The van der Waals surface area contributed by atoms with Gasteiger partial charge in [-0.05, 0) is 17.7 Å². The van der Waals surface area contributed by atoms with Gasteiger partial charge < -0.3 is 21.1 Å². The second-order valence-corrected chi connectivity index (χ2v) is 7.20. The van der Waals surface area contributed by atoms with E-state index in [1.165, 1.54) is 0 Å². The highest BCUT2D eigenvalue weighted by Crippen LogP contribution is 2.34. The molecule has 2 aromatic heterocycles. The van der Waals surface area contributed by atoms with E-state index < -0.39 is 23.9 Å². The first kappa shape index (κ1) is 21.0. The van der Waals surface area contributed by atoms with Crippen LogP contribution in [0, 0.1) is 0 Å². The summed E-state index contributed by atoms with van der Waals surface area (Å²) in [5.74, 6) is -0.298. The molecule has 1 aliphatic heterocycles. The van der Waals surface area contributed by atoms with Gasteiger partial charge in [-0.1, -0.05) is 30.3 Å². The summed E-state index contributed by atoms with van der Waals surface area (Å²) < 4.78 is 40.1. The van der Waals surface area contributed by atoms with E-state index in [-0.39, 0.29) is 11.8 Å². The molecule has 0 amide bonds. The van der Waals surface area contributed by atoms with Gasteiger partial charge in [0.1, 0.15) is 11.4 Å². The van der Waals surface area contributed by atoms with Crippen molar-refractivity contribution < 1.29 is 18.3 Å². The van der Waals surface area contributed by atoms with Gasteiger partial charge >= 0.3 is 6.18 Å². The number of hydrogen-bond acceptors (Lipinski definition) is 7. The number of anilines is 2. The van der Waals surface area contributed by atoms with E-state index in [2.05, 4.69) is 30.9 Å². The van der Waals surface area contributed by atoms with E-state index >= 15 is 0 Å². The Balaban J connectivity index is 1.47. The zero-order valence-corrected chi connectivity index (χ0v) is 16.4. The average molecular weight is 430 g/mol. The molecule has 4 N–H and O–H groups in total. The number of hydrogen-bond donors (Lipinski definition) is 4. The van der Waals surface area contributed by atoms with Crippen LogP contribution in [0.1, 0.15) is 11.1 Å². The Bertz CT molecular complexity index is 1010. The predicted molar refractivity (Wildman–Crippen MR) is 110 cm³/mol. The lowest BCUT2D eigenvalue weighted by atomic mass is 10.1. The molecular formula is C21H21F3N6O. The van der Waals surface area contributed by atoms with E-state index in [0.717, 1.165) is 23.0 Å². The topological polar surface area (TPSA) is 95.0 Å². The van der Waals surface area contributed by atoms with Crippen molar-refractivity contribution in [1.82, 2.24) is 20.3 Å². The summed E-state index contributed by atoms with van der Waals surface area (Å²) in [6, 6.07) is 12.8. The molecule has 1 aromatic carbocycles. The monoisotopic (exact) mass is 430 g/mol. The molecule has 3 heterocycles. The summed E-state index contributed by atoms with van der Waals surface area (Å²) in [6.07, 6.45) is -2.94. The fraction of sp³-hybridized carbons (Fsp3) is 0.286. The summed E-state index contributed by atoms with van der Waals surface area (Å²) in [4.78, 5) is 12.1. The minimum absolute atomic E-state index is 0.0600. The SMILES string of the molecule is O[C@@H]1CNC[C@H]1Nc1nc(NCc2ccc(-c3ccccn3)cc2)ncc1C(F)(F)F. The summed E-state index contributed by atoms with van der Waals surface area (Å²) in [5.41, 5.74) is 1.75. The lowest BCUT2D eigenvalue weighted by Gasteiger charge is -2.20. The fourth-order valence-corrected chi connectivity index (χ4v) is 3.28. The van der Waals surface area contributed by atoms with Crippen LogP contribution in [0.2, 0.25) is 0 Å². The minimum atomic E-state index is -4.61. The van der Waals surface area contributed by atoms with Gasteiger partial charge in [-0.15, -0.1) is 0 Å². The normalized spacial score (nSPS) is 18.7. The fourth-order valence-electron chi connectivity index (χ4n) is 3.28. The zero-order valence-electron chi connectivity index (χ0n) is 16.4. The Morgan fingerprint density at radius 2 is 1.87 bits per heavy atom. The van der Waals surface area contributed by atoms with Crippen LogP contribution in [-0.4, -0.2) is 45.3 Å². The standard InChI is InChI=1S/C21H21F3N6O/c22-21(23,24)15-10-28-20(30-19(15)29-17-11-25-12-18(17)31)27-9-13-4-6-14(7-5-13)16-3-1-2-8-26-16/h1-8,10,17-18,25,31H,9,11-12H2,(H2,27,28,29,30)/t17-,18-/m1/s1. The quantitative estimate of drug-likeness (QED) is 0.478. The molecule has 3 aromatic rings. The molecule has 2 atom stereocenters. The second-order valence-electron chi connectivity index (χ2n) is 7.20. The molecule has 0 bridgehead atoms.